The van der Waals surface area contributed by atoms with E-state index in [1.165, 1.54) is 44.3 Å². The van der Waals surface area contributed by atoms with E-state index in [0.29, 0.717) is 12.4 Å². The molecule has 0 amide bonds. The number of hydrogen-bond donors (Lipinski definition) is 1. The number of carbonyl (C=O) groups is 1. The van der Waals surface area contributed by atoms with Crippen LogP contribution in [-0.2, 0) is 4.79 Å². The molecule has 0 aliphatic carbocycles. The van der Waals surface area contributed by atoms with Crippen molar-refractivity contribution in [3.05, 3.63) is 48.5 Å². The quantitative estimate of drug-likeness (QED) is 0.0671. The van der Waals surface area contributed by atoms with Gasteiger partial charge in [0.2, 0.25) is 9.04 Å². The van der Waals surface area contributed by atoms with Gasteiger partial charge in [0.05, 0.1) is 6.61 Å². The number of carbonyl (C=O) groups excluding carboxylic acids is 1. The van der Waals surface area contributed by atoms with Gasteiger partial charge in [0, 0.05) is 5.75 Å². The summed E-state index contributed by atoms with van der Waals surface area (Å²) in [6.45, 7) is 6.63. The van der Waals surface area contributed by atoms with Crippen LogP contribution < -0.4 is 9.47 Å². The van der Waals surface area contributed by atoms with E-state index in [1.807, 2.05) is 68.6 Å². The molecule has 0 aliphatic heterocycles. The van der Waals surface area contributed by atoms with Crippen LogP contribution in [0.1, 0.15) is 58.8 Å². The molecule has 0 aromatic heterocycles. The molecule has 36 heavy (non-hydrogen) atoms. The van der Waals surface area contributed by atoms with Crippen molar-refractivity contribution in [3.8, 4) is 22.6 Å². The topological polar surface area (TPSA) is 55.8 Å². The average Bonchev–Trinajstić information content (AvgIpc) is 2.89. The highest BCUT2D eigenvalue weighted by atomic mass is 35.5. The maximum atomic E-state index is 12.2. The Morgan fingerprint density at radius 2 is 1.47 bits per heavy atom. The average molecular weight is 550 g/mol. The highest BCUT2D eigenvalue weighted by Gasteiger charge is 2.23. The van der Waals surface area contributed by atoms with Gasteiger partial charge in [-0.25, -0.2) is 0 Å². The molecule has 0 bridgehead atoms. The van der Waals surface area contributed by atoms with Crippen LogP contribution >= 0.6 is 23.4 Å². The third-order valence-electron chi connectivity index (χ3n) is 6.20. The van der Waals surface area contributed by atoms with E-state index >= 15 is 0 Å². The molecule has 2 atom stereocenters. The molecule has 0 heterocycles. The Labute approximate surface area is 228 Å². The number of rotatable bonds is 18. The number of hydrogen-bond acceptors (Lipinski definition) is 5. The predicted octanol–water partition coefficient (Wildman–Crippen LogP) is 7.98. The lowest BCUT2D eigenvalue weighted by atomic mass is 10.0. The van der Waals surface area contributed by atoms with Crippen molar-refractivity contribution in [1.82, 2.24) is 0 Å². The van der Waals surface area contributed by atoms with Gasteiger partial charge in [-0.2, -0.15) is 11.8 Å². The number of benzene rings is 2. The molecule has 0 spiro atoms. The zero-order valence-electron chi connectivity index (χ0n) is 22.0. The van der Waals surface area contributed by atoms with Crippen molar-refractivity contribution >= 4 is 38.4 Å². The Morgan fingerprint density at radius 3 is 2.06 bits per heavy atom. The number of esters is 1. The fourth-order valence-electron chi connectivity index (χ4n) is 3.68. The van der Waals surface area contributed by atoms with Crippen molar-refractivity contribution < 1.29 is 19.1 Å². The lowest BCUT2D eigenvalue weighted by Crippen LogP contribution is -2.26. The zero-order valence-corrected chi connectivity index (χ0v) is 24.6. The second-order valence-electron chi connectivity index (χ2n) is 9.32. The first kappa shape index (κ1) is 30.7. The Hall–Kier alpha value is -1.47. The van der Waals surface area contributed by atoms with Gasteiger partial charge in [0.1, 0.15) is 16.9 Å². The first-order valence-electron chi connectivity index (χ1n) is 13.2. The fraction of sp³-hybridized carbons (Fsp3) is 0.552. The predicted molar refractivity (Wildman–Crippen MR) is 156 cm³/mol. The summed E-state index contributed by atoms with van der Waals surface area (Å²) in [7, 11) is -1.02. The first-order valence-corrected chi connectivity index (χ1v) is 16.9. The van der Waals surface area contributed by atoms with E-state index in [0.717, 1.165) is 35.1 Å². The summed E-state index contributed by atoms with van der Waals surface area (Å²) in [5, 5.41) is -0.635. The molecule has 199 valence electrons. The van der Waals surface area contributed by atoms with Crippen LogP contribution in [0.3, 0.4) is 0 Å². The van der Waals surface area contributed by atoms with E-state index in [1.54, 1.807) is 12.1 Å². The first-order chi connectivity index (χ1) is 17.4. The minimum Gasteiger partial charge on any atom is -0.493 e. The fourth-order valence-corrected chi connectivity index (χ4v) is 5.48. The lowest BCUT2D eigenvalue weighted by Gasteiger charge is -2.15. The maximum Gasteiger partial charge on any atom is 0.329 e. The standard InChI is InChI=1S/C29H42ClO4SSi/c1-4-23(2)28(30)29(31)34-27-17-13-25(14-18-27)24-11-15-26(16-12-24)33-19-21-35-20-9-7-5-6-8-10-22-36(3)32/h11-18,23,28,32H,4-10,19-22H2,1-3H3. The van der Waals surface area contributed by atoms with Crippen molar-refractivity contribution in [2.24, 2.45) is 5.92 Å². The number of thioether (sulfide) groups is 1. The van der Waals surface area contributed by atoms with Crippen molar-refractivity contribution in [3.63, 3.8) is 0 Å². The van der Waals surface area contributed by atoms with Gasteiger partial charge < -0.3 is 14.3 Å². The summed E-state index contributed by atoms with van der Waals surface area (Å²) in [5.41, 5.74) is 2.13. The molecule has 1 radical (unpaired) electrons. The second-order valence-corrected chi connectivity index (χ2v) is 13.0. The summed E-state index contributed by atoms with van der Waals surface area (Å²) >= 11 is 8.14. The highest BCUT2D eigenvalue weighted by molar-refractivity contribution is 7.99. The lowest BCUT2D eigenvalue weighted by molar-refractivity contribution is -0.134. The molecule has 2 rings (SSSR count). The number of alkyl halides is 1. The normalized spacial score (nSPS) is 12.9. The van der Waals surface area contributed by atoms with E-state index in [2.05, 4.69) is 0 Å². The van der Waals surface area contributed by atoms with E-state index in [9.17, 15) is 9.59 Å². The zero-order chi connectivity index (χ0) is 26.2. The van der Waals surface area contributed by atoms with Gasteiger partial charge in [-0.05, 0) is 66.1 Å². The minimum absolute atomic E-state index is 0.0752. The largest absolute Gasteiger partial charge is 0.493 e. The molecule has 7 heteroatoms. The van der Waals surface area contributed by atoms with Crippen LogP contribution in [0.2, 0.25) is 12.6 Å². The third kappa shape index (κ3) is 12.2. The van der Waals surface area contributed by atoms with Crippen LogP contribution in [0.4, 0.5) is 0 Å². The SMILES string of the molecule is CCC(C)C(Cl)C(=O)Oc1ccc(-c2ccc(OCCSCCCCCCCC[Si](C)O)cc2)cc1. The van der Waals surface area contributed by atoms with Gasteiger partial charge in [0.25, 0.3) is 0 Å². The maximum absolute atomic E-state index is 12.2. The highest BCUT2D eigenvalue weighted by Crippen LogP contribution is 2.26. The summed E-state index contributed by atoms with van der Waals surface area (Å²) in [6, 6.07) is 16.6. The van der Waals surface area contributed by atoms with Gasteiger partial charge in [0.15, 0.2) is 0 Å². The number of unbranched alkanes of at least 4 members (excludes halogenated alkanes) is 5. The van der Waals surface area contributed by atoms with Crippen LogP contribution in [0.25, 0.3) is 11.1 Å². The summed E-state index contributed by atoms with van der Waals surface area (Å²) < 4.78 is 11.3. The van der Waals surface area contributed by atoms with Gasteiger partial charge in [-0.15, -0.1) is 11.6 Å². The van der Waals surface area contributed by atoms with Gasteiger partial charge in [-0.3, -0.25) is 4.79 Å². The summed E-state index contributed by atoms with van der Waals surface area (Å²) in [6.07, 6.45) is 8.44. The Bertz CT molecular complexity index is 861. The van der Waals surface area contributed by atoms with Crippen molar-refractivity contribution in [2.45, 2.75) is 76.8 Å². The summed E-state index contributed by atoms with van der Waals surface area (Å²) in [5.74, 6) is 3.24. The van der Waals surface area contributed by atoms with E-state index in [4.69, 9.17) is 21.1 Å². The Balaban J connectivity index is 1.61. The van der Waals surface area contributed by atoms with E-state index < -0.39 is 20.4 Å². The molecule has 0 saturated carbocycles. The van der Waals surface area contributed by atoms with Crippen LogP contribution in [0.5, 0.6) is 11.5 Å². The molecule has 0 saturated heterocycles. The molecule has 0 aliphatic rings. The molecular weight excluding hydrogens is 508 g/mol. The van der Waals surface area contributed by atoms with E-state index in [-0.39, 0.29) is 5.92 Å². The molecule has 1 N–H and O–H groups in total. The Morgan fingerprint density at radius 1 is 0.917 bits per heavy atom. The minimum atomic E-state index is -1.02. The van der Waals surface area contributed by atoms with Crippen molar-refractivity contribution in [1.29, 1.82) is 0 Å². The monoisotopic (exact) mass is 549 g/mol. The van der Waals surface area contributed by atoms with Crippen LogP contribution in [-0.4, -0.2) is 43.3 Å². The third-order valence-corrected chi connectivity index (χ3v) is 8.92. The molecule has 4 nitrogen and oxygen atoms in total. The number of ether oxygens (including phenoxy) is 2. The molecule has 0 fully saturated rings. The number of halogens is 1. The summed E-state index contributed by atoms with van der Waals surface area (Å²) in [4.78, 5) is 21.5. The molecular formula is C29H42ClO4SSi. The van der Waals surface area contributed by atoms with Crippen LogP contribution in [0.15, 0.2) is 48.5 Å². The smallest absolute Gasteiger partial charge is 0.329 e. The van der Waals surface area contributed by atoms with Crippen LogP contribution in [0, 0.1) is 5.92 Å². The Kier molecular flexibility index (Phi) is 15.3. The molecule has 2 aromatic rings. The molecule has 2 unspecified atom stereocenters. The second kappa shape index (κ2) is 17.9. The van der Waals surface area contributed by atoms with Crippen molar-refractivity contribution in [2.75, 3.05) is 18.1 Å². The molecule has 2 aromatic carbocycles. The van der Waals surface area contributed by atoms with Gasteiger partial charge in [-0.1, -0.05) is 76.6 Å². The van der Waals surface area contributed by atoms with Gasteiger partial charge >= 0.3 is 5.97 Å².